The van der Waals surface area contributed by atoms with Gasteiger partial charge >= 0.3 is 0 Å². The fourth-order valence-electron chi connectivity index (χ4n) is 1.91. The Balaban J connectivity index is 2.11. The number of hydrogen-bond acceptors (Lipinski definition) is 5. The van der Waals surface area contributed by atoms with Gasteiger partial charge in [-0.25, -0.2) is 9.97 Å². The van der Waals surface area contributed by atoms with Crippen LogP contribution in [0.4, 0.5) is 5.82 Å². The highest BCUT2D eigenvalue weighted by molar-refractivity contribution is 5.37. The lowest BCUT2D eigenvalue weighted by Gasteiger charge is -2.14. The van der Waals surface area contributed by atoms with Crippen LogP contribution in [0.25, 0.3) is 0 Å². The van der Waals surface area contributed by atoms with Crippen molar-refractivity contribution in [3.8, 4) is 0 Å². The Labute approximate surface area is 125 Å². The molecule has 2 N–H and O–H groups in total. The molecule has 114 valence electrons. The summed E-state index contributed by atoms with van der Waals surface area (Å²) in [7, 11) is 0. The highest BCUT2D eigenvalue weighted by Crippen LogP contribution is 2.20. The highest BCUT2D eigenvalue weighted by Gasteiger charge is 2.13. The van der Waals surface area contributed by atoms with Crippen molar-refractivity contribution >= 4 is 5.82 Å². The average Bonchev–Trinajstić information content (AvgIpc) is 2.98. The number of hydrogen-bond donors (Lipinski definition) is 2. The predicted octanol–water partition coefficient (Wildman–Crippen LogP) is 3.46. The molecule has 0 bridgehead atoms. The number of aliphatic hydroxyl groups excluding tert-OH is 1. The van der Waals surface area contributed by atoms with Crippen LogP contribution in [-0.2, 0) is 0 Å². The number of aliphatic hydroxyl groups is 1. The molecule has 0 aromatic carbocycles. The molecule has 0 aliphatic heterocycles. The molecule has 0 saturated heterocycles. The first kappa shape index (κ1) is 15.5. The van der Waals surface area contributed by atoms with Gasteiger partial charge in [0.25, 0.3) is 0 Å². The Morgan fingerprint density at radius 1 is 1.19 bits per heavy atom. The molecule has 0 fully saturated rings. The minimum absolute atomic E-state index is 0.263. The molecule has 0 spiro atoms. The third-order valence-corrected chi connectivity index (χ3v) is 3.22. The van der Waals surface area contributed by atoms with E-state index in [2.05, 4.69) is 43.0 Å². The van der Waals surface area contributed by atoms with Gasteiger partial charge in [-0.3, -0.25) is 0 Å². The molecule has 0 amide bonds. The molecule has 2 heterocycles. The normalized spacial score (nSPS) is 12.9. The van der Waals surface area contributed by atoms with Gasteiger partial charge in [-0.1, -0.05) is 27.7 Å². The molecule has 21 heavy (non-hydrogen) atoms. The minimum atomic E-state index is -0.694. The smallest absolute Gasteiger partial charge is 0.134 e. The van der Waals surface area contributed by atoms with E-state index in [4.69, 9.17) is 4.42 Å². The highest BCUT2D eigenvalue weighted by atomic mass is 16.4. The van der Waals surface area contributed by atoms with E-state index in [1.165, 1.54) is 0 Å². The topological polar surface area (TPSA) is 71.2 Å². The summed E-state index contributed by atoms with van der Waals surface area (Å²) in [4.78, 5) is 9.08. The first-order chi connectivity index (χ1) is 9.97. The Morgan fingerprint density at radius 3 is 2.52 bits per heavy atom. The summed E-state index contributed by atoms with van der Waals surface area (Å²) in [5.41, 5.74) is 1.00. The standard InChI is InChI=1S/C16H23N3O2/c1-10(2)12-8-15(19-16(18-12)11(3)4)17-9-13(20)14-6-5-7-21-14/h5-8,10-11,13,20H,9H2,1-4H3,(H,17,18,19). The van der Waals surface area contributed by atoms with E-state index in [0.29, 0.717) is 18.2 Å². The van der Waals surface area contributed by atoms with Crippen LogP contribution in [0.15, 0.2) is 28.9 Å². The summed E-state index contributed by atoms with van der Waals surface area (Å²) >= 11 is 0. The predicted molar refractivity (Wildman–Crippen MR) is 82.4 cm³/mol. The molecular formula is C16H23N3O2. The molecule has 5 nitrogen and oxygen atoms in total. The average molecular weight is 289 g/mol. The zero-order valence-electron chi connectivity index (χ0n) is 13.0. The van der Waals surface area contributed by atoms with Crippen LogP contribution in [0.5, 0.6) is 0 Å². The van der Waals surface area contributed by atoms with Crippen molar-refractivity contribution < 1.29 is 9.52 Å². The van der Waals surface area contributed by atoms with E-state index >= 15 is 0 Å². The summed E-state index contributed by atoms with van der Waals surface area (Å²) in [6.45, 7) is 8.70. The fraction of sp³-hybridized carbons (Fsp3) is 0.500. The van der Waals surface area contributed by atoms with Crippen molar-refractivity contribution in [2.45, 2.75) is 45.6 Å². The summed E-state index contributed by atoms with van der Waals surface area (Å²) in [6.07, 6.45) is 0.858. The molecule has 1 unspecified atom stereocenters. The lowest BCUT2D eigenvalue weighted by molar-refractivity contribution is 0.162. The Morgan fingerprint density at radius 2 is 1.95 bits per heavy atom. The maximum atomic E-state index is 10.0. The summed E-state index contributed by atoms with van der Waals surface area (Å²) in [5, 5.41) is 13.2. The third-order valence-electron chi connectivity index (χ3n) is 3.22. The number of furan rings is 1. The van der Waals surface area contributed by atoms with Crippen molar-refractivity contribution in [3.63, 3.8) is 0 Å². The summed E-state index contributed by atoms with van der Waals surface area (Å²) < 4.78 is 5.18. The molecule has 0 aliphatic rings. The van der Waals surface area contributed by atoms with Crippen LogP contribution in [-0.4, -0.2) is 21.6 Å². The molecule has 2 aromatic rings. The second-order valence-corrected chi connectivity index (χ2v) is 5.76. The van der Waals surface area contributed by atoms with Crippen LogP contribution in [0.3, 0.4) is 0 Å². The van der Waals surface area contributed by atoms with Crippen molar-refractivity contribution in [3.05, 3.63) is 41.7 Å². The van der Waals surface area contributed by atoms with Crippen molar-refractivity contribution in [1.82, 2.24) is 9.97 Å². The fourth-order valence-corrected chi connectivity index (χ4v) is 1.91. The van der Waals surface area contributed by atoms with Gasteiger partial charge < -0.3 is 14.8 Å². The lowest BCUT2D eigenvalue weighted by atomic mass is 10.1. The van der Waals surface area contributed by atoms with Crippen molar-refractivity contribution in [1.29, 1.82) is 0 Å². The first-order valence-electron chi connectivity index (χ1n) is 7.31. The molecule has 0 aliphatic carbocycles. The van der Waals surface area contributed by atoms with E-state index in [0.717, 1.165) is 17.3 Å². The second kappa shape index (κ2) is 6.72. The molecule has 2 aromatic heterocycles. The van der Waals surface area contributed by atoms with Gasteiger partial charge in [0.05, 0.1) is 6.26 Å². The van der Waals surface area contributed by atoms with Crippen LogP contribution in [0.2, 0.25) is 0 Å². The molecule has 2 rings (SSSR count). The first-order valence-corrected chi connectivity index (χ1v) is 7.31. The third kappa shape index (κ3) is 4.04. The maximum absolute atomic E-state index is 10.0. The SMILES string of the molecule is CC(C)c1cc(NCC(O)c2ccco2)nc(C(C)C)n1. The van der Waals surface area contributed by atoms with E-state index < -0.39 is 6.10 Å². The number of aromatic nitrogens is 2. The number of rotatable bonds is 6. The summed E-state index contributed by atoms with van der Waals surface area (Å²) in [6, 6.07) is 5.45. The number of anilines is 1. The Hall–Kier alpha value is -1.88. The Bertz CT molecular complexity index is 539. The molecule has 5 heteroatoms. The lowest BCUT2D eigenvalue weighted by Crippen LogP contribution is -2.14. The van der Waals surface area contributed by atoms with Gasteiger partial charge in [-0.2, -0.15) is 0 Å². The van der Waals surface area contributed by atoms with Gasteiger partial charge in [0.1, 0.15) is 23.5 Å². The van der Waals surface area contributed by atoms with Gasteiger partial charge in [0, 0.05) is 24.2 Å². The number of nitrogens with one attached hydrogen (secondary N) is 1. The van der Waals surface area contributed by atoms with E-state index in [1.807, 2.05) is 6.07 Å². The van der Waals surface area contributed by atoms with Gasteiger partial charge in [0.2, 0.25) is 0 Å². The monoisotopic (exact) mass is 289 g/mol. The Kier molecular flexibility index (Phi) is 4.96. The number of nitrogens with zero attached hydrogens (tertiary/aromatic N) is 2. The van der Waals surface area contributed by atoms with Crippen LogP contribution in [0, 0.1) is 0 Å². The van der Waals surface area contributed by atoms with E-state index in [9.17, 15) is 5.11 Å². The molecule has 0 radical (unpaired) electrons. The van der Waals surface area contributed by atoms with E-state index in [-0.39, 0.29) is 5.92 Å². The molecule has 1 atom stereocenters. The van der Waals surface area contributed by atoms with Crippen molar-refractivity contribution in [2.24, 2.45) is 0 Å². The quantitative estimate of drug-likeness (QED) is 0.852. The minimum Gasteiger partial charge on any atom is -0.467 e. The van der Waals surface area contributed by atoms with Gasteiger partial charge in [0.15, 0.2) is 0 Å². The zero-order chi connectivity index (χ0) is 15.4. The van der Waals surface area contributed by atoms with Crippen LogP contribution in [0.1, 0.15) is 62.9 Å². The van der Waals surface area contributed by atoms with E-state index in [1.54, 1.807) is 18.4 Å². The summed E-state index contributed by atoms with van der Waals surface area (Å²) in [5.74, 6) is 2.70. The van der Waals surface area contributed by atoms with Crippen LogP contribution < -0.4 is 5.32 Å². The molecular weight excluding hydrogens is 266 g/mol. The maximum Gasteiger partial charge on any atom is 0.134 e. The molecule has 0 saturated carbocycles. The zero-order valence-corrected chi connectivity index (χ0v) is 13.0. The van der Waals surface area contributed by atoms with Crippen molar-refractivity contribution in [2.75, 3.05) is 11.9 Å². The van der Waals surface area contributed by atoms with Gasteiger partial charge in [-0.15, -0.1) is 0 Å². The largest absolute Gasteiger partial charge is 0.467 e. The second-order valence-electron chi connectivity index (χ2n) is 5.76. The van der Waals surface area contributed by atoms with Gasteiger partial charge in [-0.05, 0) is 18.1 Å². The van der Waals surface area contributed by atoms with Crippen LogP contribution >= 0.6 is 0 Å².